The number of tetrazole rings is 1. The Morgan fingerprint density at radius 1 is 1.20 bits per heavy atom. The van der Waals surface area contributed by atoms with Crippen molar-refractivity contribution in [3.05, 3.63) is 36.2 Å². The Morgan fingerprint density at radius 2 is 2.00 bits per heavy atom. The molecule has 1 saturated carbocycles. The summed E-state index contributed by atoms with van der Waals surface area (Å²) in [5.41, 5.74) is 0.801. The fourth-order valence-corrected chi connectivity index (χ4v) is 3.03. The van der Waals surface area contributed by atoms with Crippen LogP contribution in [0.1, 0.15) is 42.5 Å². The summed E-state index contributed by atoms with van der Waals surface area (Å²) in [6, 6.07) is 6.80. The predicted octanol–water partition coefficient (Wildman–Crippen LogP) is 1.52. The average Bonchev–Trinajstić information content (AvgIpc) is 3.20. The number of esters is 1. The van der Waals surface area contributed by atoms with Gasteiger partial charge in [0, 0.05) is 6.54 Å². The third-order valence-electron chi connectivity index (χ3n) is 4.37. The molecule has 1 aromatic heterocycles. The van der Waals surface area contributed by atoms with Gasteiger partial charge in [0.15, 0.2) is 6.61 Å². The van der Waals surface area contributed by atoms with Gasteiger partial charge in [-0.1, -0.05) is 31.4 Å². The number of nitrogens with one attached hydrogen (secondary N) is 1. The number of rotatable bonds is 6. The molecular weight excluding hydrogens is 322 g/mol. The first-order chi connectivity index (χ1) is 12.2. The minimum atomic E-state index is -0.584. The topological polar surface area (TPSA) is 99.0 Å². The van der Waals surface area contributed by atoms with Crippen LogP contribution in [-0.4, -0.2) is 45.2 Å². The summed E-state index contributed by atoms with van der Waals surface area (Å²) < 4.78 is 6.51. The van der Waals surface area contributed by atoms with Gasteiger partial charge in [-0.25, -0.2) is 4.79 Å². The molecule has 8 nitrogen and oxygen atoms in total. The van der Waals surface area contributed by atoms with Crippen molar-refractivity contribution in [2.45, 2.75) is 32.1 Å². The third-order valence-corrected chi connectivity index (χ3v) is 4.37. The van der Waals surface area contributed by atoms with E-state index in [0.29, 0.717) is 23.7 Å². The van der Waals surface area contributed by atoms with Crippen LogP contribution in [0.15, 0.2) is 30.6 Å². The molecule has 0 saturated heterocycles. The molecule has 2 aromatic rings. The van der Waals surface area contributed by atoms with E-state index in [1.807, 2.05) is 0 Å². The molecule has 1 heterocycles. The van der Waals surface area contributed by atoms with E-state index < -0.39 is 5.97 Å². The summed E-state index contributed by atoms with van der Waals surface area (Å²) in [7, 11) is 0. The van der Waals surface area contributed by atoms with Gasteiger partial charge in [-0.15, -0.1) is 5.10 Å². The Balaban J connectivity index is 1.52. The van der Waals surface area contributed by atoms with Crippen LogP contribution in [0.5, 0.6) is 0 Å². The first-order valence-corrected chi connectivity index (χ1v) is 8.50. The van der Waals surface area contributed by atoms with Gasteiger partial charge in [-0.05, 0) is 41.3 Å². The van der Waals surface area contributed by atoms with E-state index in [-0.39, 0.29) is 12.5 Å². The number of benzene rings is 1. The molecule has 0 radical (unpaired) electrons. The molecule has 1 fully saturated rings. The summed E-state index contributed by atoms with van der Waals surface area (Å²) >= 11 is 0. The molecule has 1 aliphatic carbocycles. The van der Waals surface area contributed by atoms with Gasteiger partial charge in [0.25, 0.3) is 5.91 Å². The molecule has 0 aliphatic heterocycles. The SMILES string of the molecule is O=C(COC(=O)c1ccccc1-n1cnnn1)NCC1CCCCC1. The largest absolute Gasteiger partial charge is 0.452 e. The second-order valence-corrected chi connectivity index (χ2v) is 6.16. The molecule has 0 atom stereocenters. The Kier molecular flexibility index (Phi) is 5.71. The highest BCUT2D eigenvalue weighted by Gasteiger charge is 2.17. The minimum Gasteiger partial charge on any atom is -0.452 e. The van der Waals surface area contributed by atoms with Gasteiger partial charge in [0.1, 0.15) is 6.33 Å². The van der Waals surface area contributed by atoms with Crippen molar-refractivity contribution in [3.63, 3.8) is 0 Å². The Hall–Kier alpha value is -2.77. The Bertz CT molecular complexity index is 711. The number of nitrogens with zero attached hydrogens (tertiary/aromatic N) is 4. The van der Waals surface area contributed by atoms with Crippen molar-refractivity contribution in [1.29, 1.82) is 0 Å². The lowest BCUT2D eigenvalue weighted by Crippen LogP contribution is -2.33. The molecule has 1 aromatic carbocycles. The second-order valence-electron chi connectivity index (χ2n) is 6.16. The fourth-order valence-electron chi connectivity index (χ4n) is 3.03. The molecule has 0 unspecified atom stereocenters. The third kappa shape index (κ3) is 4.62. The van der Waals surface area contributed by atoms with E-state index in [4.69, 9.17) is 4.74 Å². The molecule has 8 heteroatoms. The van der Waals surface area contributed by atoms with Crippen molar-refractivity contribution < 1.29 is 14.3 Å². The van der Waals surface area contributed by atoms with Crippen molar-refractivity contribution in [1.82, 2.24) is 25.5 Å². The van der Waals surface area contributed by atoms with Gasteiger partial charge in [-0.2, -0.15) is 4.68 Å². The number of hydrogen-bond donors (Lipinski definition) is 1. The molecule has 25 heavy (non-hydrogen) atoms. The van der Waals surface area contributed by atoms with E-state index in [9.17, 15) is 9.59 Å². The zero-order chi connectivity index (χ0) is 17.5. The van der Waals surface area contributed by atoms with E-state index in [1.54, 1.807) is 24.3 Å². The smallest absolute Gasteiger partial charge is 0.340 e. The highest BCUT2D eigenvalue weighted by molar-refractivity contribution is 5.94. The van der Waals surface area contributed by atoms with E-state index in [1.165, 1.54) is 30.3 Å². The van der Waals surface area contributed by atoms with Gasteiger partial charge >= 0.3 is 5.97 Å². The summed E-state index contributed by atoms with van der Waals surface area (Å²) in [4.78, 5) is 24.2. The summed E-state index contributed by atoms with van der Waals surface area (Å²) in [6.45, 7) is 0.354. The van der Waals surface area contributed by atoms with Crippen LogP contribution in [0.3, 0.4) is 0 Å². The van der Waals surface area contributed by atoms with Crippen LogP contribution >= 0.6 is 0 Å². The van der Waals surface area contributed by atoms with Crippen LogP contribution in [0.25, 0.3) is 5.69 Å². The van der Waals surface area contributed by atoms with Crippen LogP contribution in [0, 0.1) is 5.92 Å². The summed E-state index contributed by atoms with van der Waals surface area (Å²) in [6.07, 6.45) is 7.43. The number of para-hydroxylation sites is 1. The number of carbonyl (C=O) groups is 2. The van der Waals surface area contributed by atoms with Crippen molar-refractivity contribution >= 4 is 11.9 Å². The maximum atomic E-state index is 12.3. The van der Waals surface area contributed by atoms with Crippen LogP contribution in [0.4, 0.5) is 0 Å². The molecular formula is C17H21N5O3. The van der Waals surface area contributed by atoms with E-state index in [2.05, 4.69) is 20.8 Å². The predicted molar refractivity (Wildman–Crippen MR) is 89.0 cm³/mol. The monoisotopic (exact) mass is 343 g/mol. The van der Waals surface area contributed by atoms with Gasteiger partial charge in [0.05, 0.1) is 11.3 Å². The minimum absolute atomic E-state index is 0.279. The summed E-state index contributed by atoms with van der Waals surface area (Å²) in [5.74, 6) is -0.327. The van der Waals surface area contributed by atoms with Crippen molar-refractivity contribution in [3.8, 4) is 5.69 Å². The first-order valence-electron chi connectivity index (χ1n) is 8.50. The lowest BCUT2D eigenvalue weighted by Gasteiger charge is -2.21. The molecule has 1 aliphatic rings. The van der Waals surface area contributed by atoms with E-state index >= 15 is 0 Å². The lowest BCUT2D eigenvalue weighted by molar-refractivity contribution is -0.124. The van der Waals surface area contributed by atoms with Crippen LogP contribution in [-0.2, 0) is 9.53 Å². The lowest BCUT2D eigenvalue weighted by atomic mass is 9.89. The van der Waals surface area contributed by atoms with Gasteiger partial charge in [0.2, 0.25) is 0 Å². The standard InChI is InChI=1S/C17H21N5O3/c23-16(18-10-13-6-2-1-3-7-13)11-25-17(24)14-8-4-5-9-15(14)22-12-19-20-21-22/h4-5,8-9,12-13H,1-3,6-7,10-11H2,(H,18,23). The number of amides is 1. The molecule has 1 amide bonds. The van der Waals surface area contributed by atoms with Crippen molar-refractivity contribution in [2.24, 2.45) is 5.92 Å². The highest BCUT2D eigenvalue weighted by atomic mass is 16.5. The zero-order valence-corrected chi connectivity index (χ0v) is 13.9. The second kappa shape index (κ2) is 8.36. The Morgan fingerprint density at radius 3 is 2.76 bits per heavy atom. The maximum absolute atomic E-state index is 12.3. The normalized spacial score (nSPS) is 14.9. The van der Waals surface area contributed by atoms with Gasteiger partial charge in [-0.3, -0.25) is 4.79 Å². The quantitative estimate of drug-likeness (QED) is 0.798. The van der Waals surface area contributed by atoms with Crippen molar-refractivity contribution in [2.75, 3.05) is 13.2 Å². The zero-order valence-electron chi connectivity index (χ0n) is 13.9. The fraction of sp³-hybridized carbons (Fsp3) is 0.471. The number of ether oxygens (including phenoxy) is 1. The molecule has 0 bridgehead atoms. The van der Waals surface area contributed by atoms with E-state index in [0.717, 1.165) is 12.8 Å². The molecule has 3 rings (SSSR count). The highest BCUT2D eigenvalue weighted by Crippen LogP contribution is 2.22. The summed E-state index contributed by atoms with van der Waals surface area (Å²) in [5, 5.41) is 13.7. The average molecular weight is 343 g/mol. The first kappa shape index (κ1) is 17.1. The Labute approximate surface area is 145 Å². The number of aromatic nitrogens is 4. The molecule has 1 N–H and O–H groups in total. The van der Waals surface area contributed by atoms with Gasteiger partial charge < -0.3 is 10.1 Å². The van der Waals surface area contributed by atoms with Crippen LogP contribution < -0.4 is 5.32 Å². The molecule has 0 spiro atoms. The maximum Gasteiger partial charge on any atom is 0.340 e. The number of carbonyl (C=O) groups excluding carboxylic acids is 2. The van der Waals surface area contributed by atoms with Crippen LogP contribution in [0.2, 0.25) is 0 Å². The molecule has 132 valence electrons. The number of hydrogen-bond acceptors (Lipinski definition) is 6.